The lowest BCUT2D eigenvalue weighted by atomic mass is 10.0. The molecule has 0 amide bonds. The smallest absolute Gasteiger partial charge is 0.342 e. The maximum atomic E-state index is 12.0. The summed E-state index contributed by atoms with van der Waals surface area (Å²) in [7, 11) is 0. The van der Waals surface area contributed by atoms with Crippen molar-refractivity contribution in [2.75, 3.05) is 5.73 Å². The minimum absolute atomic E-state index is 0.178. The third kappa shape index (κ3) is 3.55. The molecule has 0 spiro atoms. The average Bonchev–Trinajstić information content (AvgIpc) is 2.61. The van der Waals surface area contributed by atoms with E-state index in [-0.39, 0.29) is 18.0 Å². The van der Waals surface area contributed by atoms with E-state index in [1.54, 1.807) is 12.1 Å². The molecule has 0 fully saturated rings. The van der Waals surface area contributed by atoms with Gasteiger partial charge in [0.15, 0.2) is 0 Å². The molecule has 1 heterocycles. The lowest BCUT2D eigenvalue weighted by Crippen LogP contribution is -2.09. The molecule has 0 radical (unpaired) electrons. The van der Waals surface area contributed by atoms with Crippen molar-refractivity contribution in [3.05, 3.63) is 84.1 Å². The fourth-order valence-corrected chi connectivity index (χ4v) is 2.24. The molecule has 2 N–H and O–H groups in total. The van der Waals surface area contributed by atoms with Crippen molar-refractivity contribution in [1.29, 1.82) is 0 Å². The number of anilines is 1. The summed E-state index contributed by atoms with van der Waals surface area (Å²) in [5.74, 6) is -0.292. The standard InChI is InChI=1S/C19H16N2O2/c20-18-17(7-4-12-21-18)19(22)23-13-14-8-10-16(11-9-14)15-5-2-1-3-6-15/h1-12H,13H2,(H2,20,21). The van der Waals surface area contributed by atoms with Crippen LogP contribution in [-0.4, -0.2) is 11.0 Å². The molecular formula is C19H16N2O2. The molecule has 23 heavy (non-hydrogen) atoms. The fraction of sp³-hybridized carbons (Fsp3) is 0.0526. The molecule has 0 aliphatic carbocycles. The number of benzene rings is 2. The van der Waals surface area contributed by atoms with E-state index in [0.29, 0.717) is 0 Å². The topological polar surface area (TPSA) is 65.2 Å². The van der Waals surface area contributed by atoms with E-state index in [1.807, 2.05) is 42.5 Å². The molecule has 0 atom stereocenters. The maximum Gasteiger partial charge on any atom is 0.342 e. The number of rotatable bonds is 4. The molecule has 4 nitrogen and oxygen atoms in total. The number of nitrogen functional groups attached to an aromatic ring is 1. The molecule has 0 saturated carbocycles. The van der Waals surface area contributed by atoms with Gasteiger partial charge in [-0.3, -0.25) is 0 Å². The Balaban J connectivity index is 1.65. The summed E-state index contributed by atoms with van der Waals surface area (Å²) >= 11 is 0. The zero-order chi connectivity index (χ0) is 16.1. The number of ether oxygens (including phenoxy) is 1. The molecule has 3 aromatic rings. The van der Waals surface area contributed by atoms with Crippen LogP contribution in [0.4, 0.5) is 5.82 Å². The first kappa shape index (κ1) is 14.8. The molecule has 0 aliphatic rings. The van der Waals surface area contributed by atoms with Gasteiger partial charge in [-0.25, -0.2) is 9.78 Å². The van der Waals surface area contributed by atoms with Crippen LogP contribution in [0.3, 0.4) is 0 Å². The SMILES string of the molecule is Nc1ncccc1C(=O)OCc1ccc(-c2ccccc2)cc1. The molecule has 114 valence electrons. The summed E-state index contributed by atoms with van der Waals surface area (Å²) in [5.41, 5.74) is 9.14. The Bertz CT molecular complexity index is 799. The van der Waals surface area contributed by atoms with Crippen molar-refractivity contribution < 1.29 is 9.53 Å². The molecule has 4 heteroatoms. The van der Waals surface area contributed by atoms with Gasteiger partial charge in [-0.15, -0.1) is 0 Å². The van der Waals surface area contributed by atoms with Gasteiger partial charge in [-0.1, -0.05) is 54.6 Å². The lowest BCUT2D eigenvalue weighted by Gasteiger charge is -2.07. The van der Waals surface area contributed by atoms with Crippen LogP contribution in [0.1, 0.15) is 15.9 Å². The van der Waals surface area contributed by atoms with Crippen LogP contribution in [0.5, 0.6) is 0 Å². The molecule has 1 aromatic heterocycles. The highest BCUT2D eigenvalue weighted by molar-refractivity contribution is 5.93. The Kier molecular flexibility index (Phi) is 4.34. The number of hydrogen-bond acceptors (Lipinski definition) is 4. The van der Waals surface area contributed by atoms with Crippen LogP contribution >= 0.6 is 0 Å². The van der Waals surface area contributed by atoms with Gasteiger partial charge in [-0.2, -0.15) is 0 Å². The van der Waals surface area contributed by atoms with Gasteiger partial charge in [0.2, 0.25) is 0 Å². The molecule has 3 rings (SSSR count). The van der Waals surface area contributed by atoms with Gasteiger partial charge in [-0.05, 0) is 28.8 Å². The number of hydrogen-bond donors (Lipinski definition) is 1. The first-order valence-corrected chi connectivity index (χ1v) is 7.26. The second-order valence-corrected chi connectivity index (χ2v) is 5.08. The van der Waals surface area contributed by atoms with Gasteiger partial charge in [0.1, 0.15) is 18.0 Å². The second kappa shape index (κ2) is 6.75. The van der Waals surface area contributed by atoms with E-state index in [4.69, 9.17) is 10.5 Å². The van der Waals surface area contributed by atoms with E-state index in [9.17, 15) is 4.79 Å². The highest BCUT2D eigenvalue weighted by atomic mass is 16.5. The minimum Gasteiger partial charge on any atom is -0.457 e. The largest absolute Gasteiger partial charge is 0.457 e. The molecule has 2 aromatic carbocycles. The summed E-state index contributed by atoms with van der Waals surface area (Å²) in [5, 5.41) is 0. The van der Waals surface area contributed by atoms with Crippen molar-refractivity contribution in [2.24, 2.45) is 0 Å². The van der Waals surface area contributed by atoms with Crippen molar-refractivity contribution in [1.82, 2.24) is 4.98 Å². The van der Waals surface area contributed by atoms with Crippen molar-refractivity contribution >= 4 is 11.8 Å². The van der Waals surface area contributed by atoms with Gasteiger partial charge in [0.05, 0.1) is 0 Å². The van der Waals surface area contributed by atoms with Gasteiger partial charge >= 0.3 is 5.97 Å². The van der Waals surface area contributed by atoms with Crippen LogP contribution in [0.2, 0.25) is 0 Å². The highest BCUT2D eigenvalue weighted by Gasteiger charge is 2.11. The fourth-order valence-electron chi connectivity index (χ4n) is 2.24. The molecule has 0 unspecified atom stereocenters. The van der Waals surface area contributed by atoms with Crippen LogP contribution in [0.25, 0.3) is 11.1 Å². The Hall–Kier alpha value is -3.14. The highest BCUT2D eigenvalue weighted by Crippen LogP contribution is 2.19. The van der Waals surface area contributed by atoms with Crippen molar-refractivity contribution in [2.45, 2.75) is 6.61 Å². The summed E-state index contributed by atoms with van der Waals surface area (Å²) in [6.07, 6.45) is 1.54. The first-order chi connectivity index (χ1) is 11.2. The Morgan fingerprint density at radius 2 is 1.61 bits per heavy atom. The number of carbonyl (C=O) groups is 1. The number of esters is 1. The average molecular weight is 304 g/mol. The quantitative estimate of drug-likeness (QED) is 0.747. The van der Waals surface area contributed by atoms with Crippen LogP contribution in [0.15, 0.2) is 72.9 Å². The lowest BCUT2D eigenvalue weighted by molar-refractivity contribution is 0.0473. The van der Waals surface area contributed by atoms with E-state index in [2.05, 4.69) is 17.1 Å². The Labute approximate surface area is 134 Å². The zero-order valence-corrected chi connectivity index (χ0v) is 12.5. The normalized spacial score (nSPS) is 10.3. The van der Waals surface area contributed by atoms with E-state index in [0.717, 1.165) is 16.7 Å². The van der Waals surface area contributed by atoms with Crippen molar-refractivity contribution in [3.8, 4) is 11.1 Å². The second-order valence-electron chi connectivity index (χ2n) is 5.08. The summed E-state index contributed by atoms with van der Waals surface area (Å²) in [6.45, 7) is 0.197. The van der Waals surface area contributed by atoms with E-state index < -0.39 is 5.97 Å². The number of aromatic nitrogens is 1. The predicted molar refractivity (Wildman–Crippen MR) is 89.6 cm³/mol. The van der Waals surface area contributed by atoms with Gasteiger partial charge < -0.3 is 10.5 Å². The Morgan fingerprint density at radius 1 is 0.913 bits per heavy atom. The van der Waals surface area contributed by atoms with Gasteiger partial charge in [0.25, 0.3) is 0 Å². The molecule has 0 saturated heterocycles. The predicted octanol–water partition coefficient (Wildman–Crippen LogP) is 3.69. The number of nitrogens with zero attached hydrogens (tertiary/aromatic N) is 1. The molecular weight excluding hydrogens is 288 g/mol. The minimum atomic E-state index is -0.470. The molecule has 0 bridgehead atoms. The van der Waals surface area contributed by atoms with Crippen LogP contribution in [-0.2, 0) is 11.3 Å². The van der Waals surface area contributed by atoms with E-state index in [1.165, 1.54) is 6.20 Å². The zero-order valence-electron chi connectivity index (χ0n) is 12.5. The summed E-state index contributed by atoms with van der Waals surface area (Å²) in [4.78, 5) is 15.9. The van der Waals surface area contributed by atoms with Crippen LogP contribution < -0.4 is 5.73 Å². The third-order valence-electron chi connectivity index (χ3n) is 3.49. The maximum absolute atomic E-state index is 12.0. The van der Waals surface area contributed by atoms with Gasteiger partial charge in [0, 0.05) is 6.20 Å². The first-order valence-electron chi connectivity index (χ1n) is 7.26. The molecule has 0 aliphatic heterocycles. The number of nitrogens with two attached hydrogens (primary N) is 1. The van der Waals surface area contributed by atoms with Crippen molar-refractivity contribution in [3.63, 3.8) is 0 Å². The third-order valence-corrected chi connectivity index (χ3v) is 3.49. The summed E-state index contributed by atoms with van der Waals surface area (Å²) in [6, 6.07) is 21.3. The number of carbonyl (C=O) groups excluding carboxylic acids is 1. The van der Waals surface area contributed by atoms with Crippen LogP contribution in [0, 0.1) is 0 Å². The monoisotopic (exact) mass is 304 g/mol. The number of pyridine rings is 1. The Morgan fingerprint density at radius 3 is 2.30 bits per heavy atom. The summed E-state index contributed by atoms with van der Waals surface area (Å²) < 4.78 is 5.28. The van der Waals surface area contributed by atoms with E-state index >= 15 is 0 Å².